The van der Waals surface area contributed by atoms with Crippen molar-refractivity contribution >= 4 is 43.8 Å². The van der Waals surface area contributed by atoms with Crippen LogP contribution in [0.5, 0.6) is 5.75 Å². The van der Waals surface area contributed by atoms with Gasteiger partial charge in [-0.3, -0.25) is 9.27 Å². The van der Waals surface area contributed by atoms with Crippen LogP contribution in [0, 0.1) is 6.07 Å². The van der Waals surface area contributed by atoms with E-state index < -0.39 is 10.3 Å². The Balaban J connectivity index is 1.33. The van der Waals surface area contributed by atoms with Crippen LogP contribution >= 0.6 is 22.7 Å². The van der Waals surface area contributed by atoms with Crippen LogP contribution in [0.2, 0.25) is 0 Å². The minimum Gasteiger partial charge on any atom is -0.497 e. The first-order valence-electron chi connectivity index (χ1n) is 11.4. The average Bonchev–Trinajstić information content (AvgIpc) is 3.41. The third-order valence-electron chi connectivity index (χ3n) is 5.74. The predicted octanol–water partition coefficient (Wildman–Crippen LogP) is 5.49. The second kappa shape index (κ2) is 10.6. The number of benzene rings is 2. The van der Waals surface area contributed by atoms with Gasteiger partial charge in [0.1, 0.15) is 5.75 Å². The lowest BCUT2D eigenvalue weighted by Gasteiger charge is -2.17. The van der Waals surface area contributed by atoms with Crippen LogP contribution in [0.25, 0.3) is 0 Å². The van der Waals surface area contributed by atoms with E-state index in [9.17, 15) is 8.42 Å². The Bertz CT molecular complexity index is 1430. The Labute approximate surface area is 218 Å². The van der Waals surface area contributed by atoms with Crippen LogP contribution in [0.15, 0.2) is 53.2 Å². The second-order valence-electron chi connectivity index (χ2n) is 8.64. The summed E-state index contributed by atoms with van der Waals surface area (Å²) in [6.45, 7) is 0. The molecule has 0 saturated heterocycles. The number of methoxy groups -OCH3 is 1. The Morgan fingerprint density at radius 1 is 1.19 bits per heavy atom. The zero-order valence-electron chi connectivity index (χ0n) is 19.5. The van der Waals surface area contributed by atoms with Gasteiger partial charge in [-0.1, -0.05) is 18.2 Å². The quantitative estimate of drug-likeness (QED) is 0.215. The highest BCUT2D eigenvalue weighted by Gasteiger charge is 2.28. The smallest absolute Gasteiger partial charge is 0.357 e. The van der Waals surface area contributed by atoms with Gasteiger partial charge in [0, 0.05) is 23.1 Å². The van der Waals surface area contributed by atoms with Crippen molar-refractivity contribution in [2.75, 3.05) is 17.1 Å². The van der Waals surface area contributed by atoms with E-state index in [1.54, 1.807) is 41.9 Å². The Kier molecular flexibility index (Phi) is 7.24. The van der Waals surface area contributed by atoms with E-state index in [1.807, 2.05) is 22.9 Å². The molecule has 1 aliphatic rings. The summed E-state index contributed by atoms with van der Waals surface area (Å²) in [5.74, 6) is 1.40. The highest BCUT2D eigenvalue weighted by molar-refractivity contribution is 7.87. The van der Waals surface area contributed by atoms with Crippen LogP contribution in [-0.2, 0) is 23.1 Å². The number of hydrogen-bond donors (Lipinski definition) is 3. The molecule has 1 unspecified atom stereocenters. The number of ether oxygens (including phenoxy) is 1. The molecular formula is C25H25N4O4S3. The molecule has 2 aromatic heterocycles. The number of nitrogens with zero attached hydrogens (tertiary/aromatic N) is 2. The fraction of sp³-hybridized carbons (Fsp3) is 0.280. The van der Waals surface area contributed by atoms with Crippen molar-refractivity contribution < 1.29 is 17.7 Å². The van der Waals surface area contributed by atoms with E-state index in [4.69, 9.17) is 19.3 Å². The topological polar surface area (TPSA) is 113 Å². The van der Waals surface area contributed by atoms with E-state index >= 15 is 0 Å². The minimum absolute atomic E-state index is 0.124. The molecule has 11 heteroatoms. The zero-order chi connectivity index (χ0) is 25.1. The summed E-state index contributed by atoms with van der Waals surface area (Å²) in [5.41, 5.74) is 4.18. The molecule has 1 aliphatic carbocycles. The molecule has 8 nitrogen and oxygen atoms in total. The van der Waals surface area contributed by atoms with E-state index in [0.29, 0.717) is 18.8 Å². The van der Waals surface area contributed by atoms with Gasteiger partial charge in [0.05, 0.1) is 35.2 Å². The summed E-state index contributed by atoms with van der Waals surface area (Å²) in [5, 5.41) is 9.69. The second-order valence-corrected chi connectivity index (χ2v) is 11.5. The summed E-state index contributed by atoms with van der Waals surface area (Å²) < 4.78 is 38.5. The molecule has 0 bridgehead atoms. The lowest BCUT2D eigenvalue weighted by molar-refractivity contribution is 0.414. The van der Waals surface area contributed by atoms with Gasteiger partial charge in [0.15, 0.2) is 5.13 Å². The first-order chi connectivity index (χ1) is 17.3. The van der Waals surface area contributed by atoms with Crippen LogP contribution in [-0.4, -0.2) is 30.0 Å². The van der Waals surface area contributed by atoms with E-state index in [0.717, 1.165) is 33.4 Å². The van der Waals surface area contributed by atoms with Gasteiger partial charge in [0.25, 0.3) is 0 Å². The van der Waals surface area contributed by atoms with Crippen molar-refractivity contribution in [3.05, 3.63) is 86.8 Å². The van der Waals surface area contributed by atoms with Crippen LogP contribution in [0.4, 0.5) is 10.8 Å². The van der Waals surface area contributed by atoms with Gasteiger partial charge in [-0.25, -0.2) is 9.97 Å². The van der Waals surface area contributed by atoms with Gasteiger partial charge in [-0.05, 0) is 60.7 Å². The van der Waals surface area contributed by atoms with Crippen molar-refractivity contribution in [3.63, 3.8) is 0 Å². The maximum absolute atomic E-state index is 11.1. The molecule has 187 valence electrons. The zero-order valence-corrected chi connectivity index (χ0v) is 21.9. The van der Waals surface area contributed by atoms with E-state index in [2.05, 4.69) is 28.2 Å². The molecule has 0 aliphatic heterocycles. The first kappa shape index (κ1) is 24.7. The molecule has 1 radical (unpaired) electrons. The Morgan fingerprint density at radius 2 is 2.06 bits per heavy atom. The highest BCUT2D eigenvalue weighted by atomic mass is 32.2. The third-order valence-corrected chi connectivity index (χ3v) is 8.08. The van der Waals surface area contributed by atoms with Crippen molar-refractivity contribution in [3.8, 4) is 5.75 Å². The monoisotopic (exact) mass is 541 g/mol. The molecule has 2 heterocycles. The summed E-state index contributed by atoms with van der Waals surface area (Å²) in [6.07, 6.45) is 3.69. The predicted molar refractivity (Wildman–Crippen MR) is 143 cm³/mol. The molecule has 4 aromatic rings. The molecule has 2 aromatic carbocycles. The lowest BCUT2D eigenvalue weighted by Crippen LogP contribution is -2.15. The third kappa shape index (κ3) is 6.61. The van der Waals surface area contributed by atoms with Gasteiger partial charge < -0.3 is 10.1 Å². The number of nitrogens with one attached hydrogen (secondary N) is 2. The molecule has 0 amide bonds. The van der Waals surface area contributed by atoms with Crippen LogP contribution in [0.1, 0.15) is 52.3 Å². The highest BCUT2D eigenvalue weighted by Crippen LogP contribution is 2.42. The molecular weight excluding hydrogens is 517 g/mol. The Hall–Kier alpha value is -2.99. The number of anilines is 2. The minimum atomic E-state index is -4.33. The van der Waals surface area contributed by atoms with Gasteiger partial charge in [0.2, 0.25) is 0 Å². The fourth-order valence-corrected chi connectivity index (χ4v) is 6.05. The van der Waals surface area contributed by atoms with E-state index in [1.165, 1.54) is 23.9 Å². The number of hydrogen-bond acceptors (Lipinski definition) is 8. The van der Waals surface area contributed by atoms with Crippen LogP contribution in [0.3, 0.4) is 0 Å². The molecule has 3 N–H and O–H groups in total. The van der Waals surface area contributed by atoms with E-state index in [-0.39, 0.29) is 11.7 Å². The SMILES string of the molecule is COc1cccc(Cc2csc(NC(Cc3[c]cc(NS(=O)(=O)O)cc3)c3csc(C4CC4)n3)n2)c1. The average molecular weight is 542 g/mol. The van der Waals surface area contributed by atoms with Crippen molar-refractivity contribution in [1.29, 1.82) is 0 Å². The summed E-state index contributed by atoms with van der Waals surface area (Å²) in [4.78, 5) is 9.71. The molecule has 1 fully saturated rings. The normalized spacial score (nSPS) is 14.4. The molecule has 36 heavy (non-hydrogen) atoms. The summed E-state index contributed by atoms with van der Waals surface area (Å²) in [7, 11) is -2.67. The van der Waals surface area contributed by atoms with Gasteiger partial charge in [-0.15, -0.1) is 22.7 Å². The Morgan fingerprint density at radius 3 is 2.78 bits per heavy atom. The van der Waals surface area contributed by atoms with Crippen molar-refractivity contribution in [2.45, 2.75) is 37.6 Å². The molecule has 5 rings (SSSR count). The number of aromatic nitrogens is 2. The standard InChI is InChI=1S/C25H25N4O4S3/c1-33-21-4-2-3-17(12-21)11-20-14-35-25(26-20)28-22(23-15-34-24(27-23)18-7-8-18)13-16-5-9-19(10-6-16)29-36(30,31)32/h2-5,9-10,12,14-15,18,22,29H,7-8,11,13H2,1H3,(H,26,28)(H,30,31,32). The maximum Gasteiger partial charge on any atom is 0.357 e. The number of rotatable bonds is 11. The summed E-state index contributed by atoms with van der Waals surface area (Å²) in [6, 6.07) is 15.8. The van der Waals surface area contributed by atoms with Crippen LogP contribution < -0.4 is 14.8 Å². The number of thiazole rings is 2. The lowest BCUT2D eigenvalue weighted by atomic mass is 10.0. The van der Waals surface area contributed by atoms with Gasteiger partial charge >= 0.3 is 10.3 Å². The summed E-state index contributed by atoms with van der Waals surface area (Å²) >= 11 is 3.25. The van der Waals surface area contributed by atoms with Gasteiger partial charge in [-0.2, -0.15) is 8.42 Å². The van der Waals surface area contributed by atoms with Crippen molar-refractivity contribution in [1.82, 2.24) is 9.97 Å². The van der Waals surface area contributed by atoms with Crippen molar-refractivity contribution in [2.24, 2.45) is 0 Å². The largest absolute Gasteiger partial charge is 0.497 e. The molecule has 1 saturated carbocycles. The maximum atomic E-state index is 11.1. The first-order valence-corrected chi connectivity index (χ1v) is 14.6. The molecule has 0 spiro atoms. The fourth-order valence-electron chi connectivity index (χ4n) is 3.82. The molecule has 1 atom stereocenters.